The summed E-state index contributed by atoms with van der Waals surface area (Å²) in [7, 11) is 0. The molecule has 0 amide bonds. The molecule has 0 aromatic carbocycles. The van der Waals surface area contributed by atoms with Crippen molar-refractivity contribution in [3.8, 4) is 0 Å². The van der Waals surface area contributed by atoms with Crippen LogP contribution in [-0.2, 0) is 0 Å². The van der Waals surface area contributed by atoms with E-state index in [4.69, 9.17) is 0 Å². The summed E-state index contributed by atoms with van der Waals surface area (Å²) in [6.07, 6.45) is -2.78. The zero-order chi connectivity index (χ0) is 11.5. The maximum Gasteiger partial charge on any atom is 0.324 e. The molecule has 0 fully saturated rings. The second-order valence-electron chi connectivity index (χ2n) is 2.71. The number of H-pyrrole nitrogens is 1. The number of aromatic amines is 1. The second kappa shape index (κ2) is 4.28. The number of aromatic nitrogens is 2. The average Bonchev–Trinajstić information content (AvgIpc) is 2.15. The van der Waals surface area contributed by atoms with Crippen molar-refractivity contribution in [2.75, 3.05) is 11.9 Å². The first kappa shape index (κ1) is 11.5. The van der Waals surface area contributed by atoms with Crippen molar-refractivity contribution in [1.29, 1.82) is 0 Å². The molecule has 0 radical (unpaired) electrons. The van der Waals surface area contributed by atoms with Crippen molar-refractivity contribution in [3.63, 3.8) is 0 Å². The van der Waals surface area contributed by atoms with Gasteiger partial charge < -0.3 is 10.3 Å². The van der Waals surface area contributed by atoms with Crippen LogP contribution in [0.3, 0.4) is 0 Å². The molecule has 0 unspecified atom stereocenters. The van der Waals surface area contributed by atoms with E-state index in [1.807, 2.05) is 5.32 Å². The zero-order valence-corrected chi connectivity index (χ0v) is 7.31. The SMILES string of the molecule is O=c1cc(NCC(F)(F)C(F)F)nc[nH]1. The number of halogens is 4. The highest BCUT2D eigenvalue weighted by Crippen LogP contribution is 2.22. The summed E-state index contributed by atoms with van der Waals surface area (Å²) in [6, 6.07) is 0.890. The Hall–Kier alpha value is -1.60. The maximum absolute atomic E-state index is 12.4. The highest BCUT2D eigenvalue weighted by molar-refractivity contribution is 5.31. The van der Waals surface area contributed by atoms with Gasteiger partial charge in [0.2, 0.25) is 0 Å². The van der Waals surface area contributed by atoms with E-state index in [2.05, 4.69) is 9.97 Å². The second-order valence-corrected chi connectivity index (χ2v) is 2.71. The monoisotopic (exact) mass is 225 g/mol. The van der Waals surface area contributed by atoms with Crippen LogP contribution in [0.5, 0.6) is 0 Å². The molecule has 84 valence electrons. The quantitative estimate of drug-likeness (QED) is 0.754. The molecule has 8 heteroatoms. The Kier molecular flexibility index (Phi) is 3.28. The lowest BCUT2D eigenvalue weighted by atomic mass is 10.3. The van der Waals surface area contributed by atoms with Gasteiger partial charge in [-0.3, -0.25) is 4.79 Å². The number of anilines is 1. The standard InChI is InChI=1S/C7H7F4N3O/c8-6(9)7(10,11)2-12-4-1-5(15)14-3-13-4/h1,3,6H,2H2,(H2,12,13,14,15). The minimum Gasteiger partial charge on any atom is -0.364 e. The van der Waals surface area contributed by atoms with Crippen LogP contribution in [0, 0.1) is 0 Å². The van der Waals surface area contributed by atoms with Crippen LogP contribution in [-0.4, -0.2) is 28.9 Å². The number of rotatable bonds is 4. The summed E-state index contributed by atoms with van der Waals surface area (Å²) >= 11 is 0. The van der Waals surface area contributed by atoms with Crippen LogP contribution in [0.4, 0.5) is 23.4 Å². The number of alkyl halides is 4. The Morgan fingerprint density at radius 3 is 2.73 bits per heavy atom. The van der Waals surface area contributed by atoms with Gasteiger partial charge in [0.15, 0.2) is 0 Å². The summed E-state index contributed by atoms with van der Waals surface area (Å²) in [5, 5.41) is 1.95. The van der Waals surface area contributed by atoms with Crippen molar-refractivity contribution in [3.05, 3.63) is 22.7 Å². The van der Waals surface area contributed by atoms with Crippen LogP contribution >= 0.6 is 0 Å². The minimum absolute atomic E-state index is 0.181. The van der Waals surface area contributed by atoms with Crippen molar-refractivity contribution in [2.24, 2.45) is 0 Å². The zero-order valence-electron chi connectivity index (χ0n) is 7.31. The molecule has 1 aromatic rings. The molecule has 0 spiro atoms. The molecule has 2 N–H and O–H groups in total. The van der Waals surface area contributed by atoms with Gasteiger partial charge in [0.25, 0.3) is 5.56 Å². The van der Waals surface area contributed by atoms with Gasteiger partial charge >= 0.3 is 12.3 Å². The van der Waals surface area contributed by atoms with Gasteiger partial charge in [-0.1, -0.05) is 0 Å². The van der Waals surface area contributed by atoms with Crippen LogP contribution in [0.1, 0.15) is 0 Å². The molecule has 15 heavy (non-hydrogen) atoms. The van der Waals surface area contributed by atoms with Gasteiger partial charge in [0.1, 0.15) is 5.82 Å². The molecule has 0 aliphatic carbocycles. The van der Waals surface area contributed by atoms with Crippen LogP contribution < -0.4 is 10.9 Å². The summed E-state index contributed by atoms with van der Waals surface area (Å²) in [5.74, 6) is -4.33. The first-order valence-electron chi connectivity index (χ1n) is 3.86. The summed E-state index contributed by atoms with van der Waals surface area (Å²) in [5.41, 5.74) is -0.562. The third-order valence-corrected chi connectivity index (χ3v) is 1.50. The lowest BCUT2D eigenvalue weighted by Gasteiger charge is -2.15. The molecular weight excluding hydrogens is 218 g/mol. The topological polar surface area (TPSA) is 57.8 Å². The van der Waals surface area contributed by atoms with Gasteiger partial charge in [-0.25, -0.2) is 13.8 Å². The highest BCUT2D eigenvalue weighted by Gasteiger charge is 2.40. The molecule has 0 aliphatic rings. The van der Waals surface area contributed by atoms with E-state index in [0.717, 1.165) is 12.4 Å². The first-order chi connectivity index (χ1) is 6.92. The predicted octanol–water partition coefficient (Wildman–Crippen LogP) is 1.08. The third kappa shape index (κ3) is 3.22. The van der Waals surface area contributed by atoms with E-state index in [9.17, 15) is 22.4 Å². The van der Waals surface area contributed by atoms with Crippen LogP contribution in [0.25, 0.3) is 0 Å². The molecule has 0 aliphatic heterocycles. The fourth-order valence-corrected chi connectivity index (χ4v) is 0.751. The van der Waals surface area contributed by atoms with Gasteiger partial charge in [-0.15, -0.1) is 0 Å². The Labute approximate surface area is 81.3 Å². The highest BCUT2D eigenvalue weighted by atomic mass is 19.3. The summed E-state index contributed by atoms with van der Waals surface area (Å²) in [4.78, 5) is 16.3. The fourth-order valence-electron chi connectivity index (χ4n) is 0.751. The Morgan fingerprint density at radius 2 is 2.20 bits per heavy atom. The number of hydrogen-bond donors (Lipinski definition) is 2. The van der Waals surface area contributed by atoms with E-state index >= 15 is 0 Å². The number of nitrogens with one attached hydrogen (secondary N) is 2. The average molecular weight is 225 g/mol. The van der Waals surface area contributed by atoms with Crippen molar-refractivity contribution >= 4 is 5.82 Å². The molecule has 1 rings (SSSR count). The summed E-state index contributed by atoms with van der Waals surface area (Å²) in [6.45, 7) is -1.28. The maximum atomic E-state index is 12.4. The van der Waals surface area contributed by atoms with E-state index in [-0.39, 0.29) is 5.82 Å². The van der Waals surface area contributed by atoms with Crippen LogP contribution in [0.15, 0.2) is 17.2 Å². The Balaban J connectivity index is 2.61. The van der Waals surface area contributed by atoms with Gasteiger partial charge in [-0.05, 0) is 0 Å². The lowest BCUT2D eigenvalue weighted by Crippen LogP contribution is -2.35. The molecule has 1 heterocycles. The van der Waals surface area contributed by atoms with Crippen molar-refractivity contribution in [1.82, 2.24) is 9.97 Å². The molecule has 1 aromatic heterocycles. The lowest BCUT2D eigenvalue weighted by molar-refractivity contribution is -0.117. The minimum atomic E-state index is -4.15. The largest absolute Gasteiger partial charge is 0.364 e. The van der Waals surface area contributed by atoms with E-state index in [1.54, 1.807) is 0 Å². The molecule has 0 bridgehead atoms. The number of nitrogens with zero attached hydrogens (tertiary/aromatic N) is 1. The fraction of sp³-hybridized carbons (Fsp3) is 0.429. The van der Waals surface area contributed by atoms with E-state index in [1.165, 1.54) is 0 Å². The molecule has 0 saturated heterocycles. The van der Waals surface area contributed by atoms with Crippen molar-refractivity contribution in [2.45, 2.75) is 12.3 Å². The molecule has 4 nitrogen and oxygen atoms in total. The van der Waals surface area contributed by atoms with Gasteiger partial charge in [-0.2, -0.15) is 8.78 Å². The van der Waals surface area contributed by atoms with Gasteiger partial charge in [0, 0.05) is 6.07 Å². The molecular formula is C7H7F4N3O. The van der Waals surface area contributed by atoms with E-state index < -0.39 is 24.5 Å². The Morgan fingerprint density at radius 1 is 1.53 bits per heavy atom. The third-order valence-electron chi connectivity index (χ3n) is 1.50. The molecule has 0 atom stereocenters. The predicted molar refractivity (Wildman–Crippen MR) is 44.3 cm³/mol. The first-order valence-corrected chi connectivity index (χ1v) is 3.86. The van der Waals surface area contributed by atoms with Crippen LogP contribution in [0.2, 0.25) is 0 Å². The normalized spacial score (nSPS) is 11.8. The summed E-state index contributed by atoms with van der Waals surface area (Å²) < 4.78 is 48.2. The smallest absolute Gasteiger partial charge is 0.324 e. The van der Waals surface area contributed by atoms with E-state index in [0.29, 0.717) is 0 Å². The Bertz CT molecular complexity index is 378. The molecule has 0 saturated carbocycles. The van der Waals surface area contributed by atoms with Crippen molar-refractivity contribution < 1.29 is 17.6 Å². The number of hydrogen-bond acceptors (Lipinski definition) is 3. The van der Waals surface area contributed by atoms with Gasteiger partial charge in [0.05, 0.1) is 12.9 Å².